The number of nitrogens with one attached hydrogen (secondary N) is 2. The van der Waals surface area contributed by atoms with E-state index in [-0.39, 0.29) is 22.4 Å². The highest BCUT2D eigenvalue weighted by Crippen LogP contribution is 2.15. The molecule has 0 spiro atoms. The Hall–Kier alpha value is -2.26. The predicted octanol–water partition coefficient (Wildman–Crippen LogP) is 1.78. The van der Waals surface area contributed by atoms with Gasteiger partial charge in [0, 0.05) is 0 Å². The van der Waals surface area contributed by atoms with Crippen LogP contribution in [0.5, 0.6) is 0 Å². The topological polar surface area (TPSA) is 94.7 Å². The van der Waals surface area contributed by atoms with Crippen LogP contribution in [0.4, 0.5) is 5.82 Å². The van der Waals surface area contributed by atoms with Crippen LogP contribution in [-0.2, 0) is 0 Å². The molecule has 0 saturated carbocycles. The van der Waals surface area contributed by atoms with Gasteiger partial charge in [0.05, 0.1) is 6.20 Å². The number of nitriles is 1. The van der Waals surface area contributed by atoms with Gasteiger partial charge in [-0.1, -0.05) is 0 Å². The van der Waals surface area contributed by atoms with E-state index in [0.717, 1.165) is 0 Å². The van der Waals surface area contributed by atoms with Gasteiger partial charge in [-0.25, -0.2) is 0 Å². The first kappa shape index (κ1) is 10.3. The quantitative estimate of drug-likeness (QED) is 0.831. The van der Waals surface area contributed by atoms with Gasteiger partial charge >= 0.3 is 0 Å². The molecule has 0 aromatic carbocycles. The minimum Gasteiger partial charge on any atom is -0.440 e. The van der Waals surface area contributed by atoms with Crippen molar-refractivity contribution in [1.29, 1.82) is 5.26 Å². The van der Waals surface area contributed by atoms with Crippen molar-refractivity contribution in [3.63, 3.8) is 0 Å². The number of carbonyl (C=O) groups excluding carboxylic acids is 1. The molecule has 2 N–H and O–H groups in total. The second-order valence-electron chi connectivity index (χ2n) is 2.83. The number of halogens is 1. The highest BCUT2D eigenvalue weighted by atomic mass is 35.5. The summed E-state index contributed by atoms with van der Waals surface area (Å²) in [4.78, 5) is 11.6. The zero-order chi connectivity index (χ0) is 11.5. The summed E-state index contributed by atoms with van der Waals surface area (Å²) in [6.07, 6.45) is 1.31. The van der Waals surface area contributed by atoms with E-state index in [1.54, 1.807) is 0 Å². The highest BCUT2D eigenvalue weighted by Gasteiger charge is 2.13. The summed E-state index contributed by atoms with van der Waals surface area (Å²) in [5.41, 5.74) is 0.242. The number of H-pyrrole nitrogens is 1. The zero-order valence-electron chi connectivity index (χ0n) is 7.82. The molecule has 7 heteroatoms. The lowest BCUT2D eigenvalue weighted by Gasteiger charge is -1.99. The molecular formula is C9H5ClN4O2. The predicted molar refractivity (Wildman–Crippen MR) is 55.0 cm³/mol. The SMILES string of the molecule is N#Cc1cn[nH]c1NC(=O)c1ccc(Cl)o1. The fourth-order valence-electron chi connectivity index (χ4n) is 1.08. The van der Waals surface area contributed by atoms with Crippen molar-refractivity contribution < 1.29 is 9.21 Å². The highest BCUT2D eigenvalue weighted by molar-refractivity contribution is 6.29. The van der Waals surface area contributed by atoms with Gasteiger partial charge in [0.2, 0.25) is 0 Å². The summed E-state index contributed by atoms with van der Waals surface area (Å²) in [7, 11) is 0. The van der Waals surface area contributed by atoms with Crippen molar-refractivity contribution >= 4 is 23.3 Å². The standard InChI is InChI=1S/C9H5ClN4O2/c10-7-2-1-6(16-7)9(15)13-8-5(3-11)4-12-14-8/h1-2,4H,(H2,12,13,14,15). The van der Waals surface area contributed by atoms with Crippen LogP contribution in [0.15, 0.2) is 22.7 Å². The molecule has 2 rings (SSSR count). The Balaban J connectivity index is 2.17. The number of anilines is 1. The van der Waals surface area contributed by atoms with Crippen LogP contribution in [0, 0.1) is 11.3 Å². The summed E-state index contributed by atoms with van der Waals surface area (Å²) in [5, 5.41) is 17.4. The number of rotatable bonds is 2. The van der Waals surface area contributed by atoms with Gasteiger partial charge in [0.25, 0.3) is 5.91 Å². The summed E-state index contributed by atoms with van der Waals surface area (Å²) < 4.78 is 4.90. The van der Waals surface area contributed by atoms with E-state index in [1.165, 1.54) is 18.3 Å². The smallest absolute Gasteiger partial charge is 0.292 e. The van der Waals surface area contributed by atoms with Gasteiger partial charge in [0.15, 0.2) is 11.0 Å². The van der Waals surface area contributed by atoms with Crippen LogP contribution in [-0.4, -0.2) is 16.1 Å². The number of aromatic amines is 1. The molecule has 0 bridgehead atoms. The van der Waals surface area contributed by atoms with Crippen LogP contribution in [0.25, 0.3) is 0 Å². The molecular weight excluding hydrogens is 232 g/mol. The number of aromatic nitrogens is 2. The molecule has 16 heavy (non-hydrogen) atoms. The van der Waals surface area contributed by atoms with E-state index < -0.39 is 5.91 Å². The van der Waals surface area contributed by atoms with Crippen molar-refractivity contribution in [2.24, 2.45) is 0 Å². The number of amides is 1. The van der Waals surface area contributed by atoms with Crippen LogP contribution in [0.3, 0.4) is 0 Å². The lowest BCUT2D eigenvalue weighted by Crippen LogP contribution is -2.12. The molecule has 0 aliphatic heterocycles. The summed E-state index contributed by atoms with van der Waals surface area (Å²) in [6, 6.07) is 4.76. The molecule has 0 atom stereocenters. The summed E-state index contributed by atoms with van der Waals surface area (Å²) in [5.74, 6) is -0.226. The second kappa shape index (κ2) is 4.08. The second-order valence-corrected chi connectivity index (χ2v) is 3.20. The number of hydrogen-bond donors (Lipinski definition) is 2. The molecule has 0 radical (unpaired) electrons. The first-order chi connectivity index (χ1) is 7.70. The monoisotopic (exact) mass is 236 g/mol. The molecule has 0 aliphatic carbocycles. The first-order valence-corrected chi connectivity index (χ1v) is 4.58. The minimum atomic E-state index is -0.507. The van der Waals surface area contributed by atoms with Gasteiger partial charge in [0.1, 0.15) is 17.5 Å². The van der Waals surface area contributed by atoms with Crippen molar-refractivity contribution in [3.8, 4) is 6.07 Å². The van der Waals surface area contributed by atoms with Gasteiger partial charge in [-0.15, -0.1) is 0 Å². The van der Waals surface area contributed by atoms with Gasteiger partial charge in [-0.2, -0.15) is 10.4 Å². The Morgan fingerprint density at radius 2 is 2.44 bits per heavy atom. The Labute approximate surface area is 94.8 Å². The molecule has 2 aromatic rings. The fraction of sp³-hybridized carbons (Fsp3) is 0. The summed E-state index contributed by atoms with van der Waals surface area (Å²) in [6.45, 7) is 0. The maximum Gasteiger partial charge on any atom is 0.292 e. The Bertz CT molecular complexity index is 566. The van der Waals surface area contributed by atoms with Crippen molar-refractivity contribution in [2.45, 2.75) is 0 Å². The molecule has 80 valence electrons. The molecule has 2 aromatic heterocycles. The number of furan rings is 1. The molecule has 0 saturated heterocycles. The van der Waals surface area contributed by atoms with Crippen molar-refractivity contribution in [3.05, 3.63) is 34.9 Å². The van der Waals surface area contributed by atoms with Gasteiger partial charge in [-0.3, -0.25) is 9.89 Å². The largest absolute Gasteiger partial charge is 0.440 e. The van der Waals surface area contributed by atoms with E-state index in [1.807, 2.05) is 6.07 Å². The van der Waals surface area contributed by atoms with Crippen LogP contribution in [0.1, 0.15) is 16.1 Å². The Morgan fingerprint density at radius 3 is 3.06 bits per heavy atom. The molecule has 0 fully saturated rings. The van der Waals surface area contributed by atoms with E-state index in [0.29, 0.717) is 0 Å². The van der Waals surface area contributed by atoms with E-state index in [2.05, 4.69) is 15.5 Å². The fourth-order valence-corrected chi connectivity index (χ4v) is 1.22. The Morgan fingerprint density at radius 1 is 1.62 bits per heavy atom. The molecule has 0 aliphatic rings. The van der Waals surface area contributed by atoms with Crippen molar-refractivity contribution in [2.75, 3.05) is 5.32 Å². The number of carbonyl (C=O) groups is 1. The third-order valence-corrected chi connectivity index (χ3v) is 2.00. The third kappa shape index (κ3) is 1.89. The number of hydrogen-bond acceptors (Lipinski definition) is 4. The maximum absolute atomic E-state index is 11.6. The van der Waals surface area contributed by atoms with Crippen LogP contribution >= 0.6 is 11.6 Å². The van der Waals surface area contributed by atoms with Crippen LogP contribution in [0.2, 0.25) is 5.22 Å². The van der Waals surface area contributed by atoms with E-state index in [9.17, 15) is 4.79 Å². The lowest BCUT2D eigenvalue weighted by molar-refractivity contribution is 0.0996. The summed E-state index contributed by atoms with van der Waals surface area (Å²) >= 11 is 5.53. The van der Waals surface area contributed by atoms with Crippen molar-refractivity contribution in [1.82, 2.24) is 10.2 Å². The average Bonchev–Trinajstić information content (AvgIpc) is 2.86. The molecule has 6 nitrogen and oxygen atoms in total. The normalized spacial score (nSPS) is 9.75. The first-order valence-electron chi connectivity index (χ1n) is 4.21. The third-order valence-electron chi connectivity index (χ3n) is 1.80. The zero-order valence-corrected chi connectivity index (χ0v) is 8.58. The minimum absolute atomic E-state index is 0.0588. The van der Waals surface area contributed by atoms with E-state index >= 15 is 0 Å². The Kier molecular flexibility index (Phi) is 2.62. The van der Waals surface area contributed by atoms with Gasteiger partial charge in [-0.05, 0) is 23.7 Å². The average molecular weight is 237 g/mol. The van der Waals surface area contributed by atoms with E-state index in [4.69, 9.17) is 21.3 Å². The molecule has 2 heterocycles. The molecule has 1 amide bonds. The number of nitrogens with zero attached hydrogens (tertiary/aromatic N) is 2. The molecule has 0 unspecified atom stereocenters. The van der Waals surface area contributed by atoms with Crippen LogP contribution < -0.4 is 5.32 Å². The van der Waals surface area contributed by atoms with Gasteiger partial charge < -0.3 is 9.73 Å². The lowest BCUT2D eigenvalue weighted by atomic mass is 10.3. The maximum atomic E-state index is 11.6.